The van der Waals surface area contributed by atoms with Gasteiger partial charge in [-0.2, -0.15) is 0 Å². The molecule has 1 atom stereocenters. The minimum Gasteiger partial charge on any atom is -0.465 e. The Balaban J connectivity index is 4.33. The van der Waals surface area contributed by atoms with Gasteiger partial charge in [0, 0.05) is 5.41 Å². The smallest absolute Gasteiger partial charge is 0.405 e. The fourth-order valence-electron chi connectivity index (χ4n) is 0.630. The Morgan fingerprint density at radius 3 is 2.50 bits per heavy atom. The molecule has 0 aliphatic heterocycles. The van der Waals surface area contributed by atoms with E-state index < -0.39 is 24.2 Å². The lowest BCUT2D eigenvalue weighted by Crippen LogP contribution is -2.46. The zero-order valence-electron chi connectivity index (χ0n) is 7.00. The lowest BCUT2D eigenvalue weighted by molar-refractivity contribution is -0.112. The number of rotatable bonds is 4. The SMILES string of the molecule is CC(C)(CF)C(C=O)NC(=O)O. The zero-order chi connectivity index (χ0) is 9.78. The first kappa shape index (κ1) is 10.9. The molecule has 2 N–H and O–H groups in total. The third-order valence-corrected chi connectivity index (χ3v) is 1.60. The molecule has 5 heteroatoms. The molecule has 0 aromatic rings. The Labute approximate surface area is 69.8 Å². The molecule has 0 bridgehead atoms. The van der Waals surface area contributed by atoms with E-state index in [-0.39, 0.29) is 0 Å². The van der Waals surface area contributed by atoms with Gasteiger partial charge in [-0.15, -0.1) is 0 Å². The van der Waals surface area contributed by atoms with Gasteiger partial charge in [-0.3, -0.25) is 4.39 Å². The van der Waals surface area contributed by atoms with Gasteiger partial charge in [0.15, 0.2) is 0 Å². The van der Waals surface area contributed by atoms with Gasteiger partial charge in [-0.05, 0) is 0 Å². The summed E-state index contributed by atoms with van der Waals surface area (Å²) in [6.07, 6.45) is -0.929. The number of carboxylic acid groups (broad SMARTS) is 1. The van der Waals surface area contributed by atoms with Gasteiger partial charge in [0.05, 0.1) is 12.7 Å². The van der Waals surface area contributed by atoms with Gasteiger partial charge in [0.2, 0.25) is 0 Å². The highest BCUT2D eigenvalue weighted by Gasteiger charge is 2.30. The van der Waals surface area contributed by atoms with Crippen molar-refractivity contribution in [2.45, 2.75) is 19.9 Å². The van der Waals surface area contributed by atoms with Crippen molar-refractivity contribution < 1.29 is 19.1 Å². The maximum Gasteiger partial charge on any atom is 0.405 e. The number of halogens is 1. The average Bonchev–Trinajstić information content (AvgIpc) is 1.99. The van der Waals surface area contributed by atoms with E-state index in [2.05, 4.69) is 0 Å². The van der Waals surface area contributed by atoms with E-state index >= 15 is 0 Å². The Kier molecular flexibility index (Phi) is 3.66. The van der Waals surface area contributed by atoms with Crippen LogP contribution in [-0.4, -0.2) is 30.2 Å². The first-order valence-corrected chi connectivity index (χ1v) is 3.44. The summed E-state index contributed by atoms with van der Waals surface area (Å²) < 4.78 is 12.3. The van der Waals surface area contributed by atoms with E-state index in [1.165, 1.54) is 13.8 Å². The Hall–Kier alpha value is -1.13. The van der Waals surface area contributed by atoms with Crippen molar-refractivity contribution in [3.8, 4) is 0 Å². The molecule has 12 heavy (non-hydrogen) atoms. The molecule has 0 saturated heterocycles. The molecule has 1 unspecified atom stereocenters. The standard InChI is InChI=1S/C7H12FNO3/c1-7(2,4-8)5(3-10)9-6(11)12/h3,5,9H,4H2,1-2H3,(H,11,12). The van der Waals surface area contributed by atoms with Crippen molar-refractivity contribution in [1.29, 1.82) is 0 Å². The normalized spacial score (nSPS) is 13.6. The summed E-state index contributed by atoms with van der Waals surface area (Å²) in [5.74, 6) is 0. The summed E-state index contributed by atoms with van der Waals surface area (Å²) in [7, 11) is 0. The molecule has 0 heterocycles. The quantitative estimate of drug-likeness (QED) is 0.624. The first-order chi connectivity index (χ1) is 5.44. The largest absolute Gasteiger partial charge is 0.465 e. The molecule has 1 amide bonds. The minimum atomic E-state index is -1.33. The molecule has 0 aromatic heterocycles. The summed E-state index contributed by atoms with van der Waals surface area (Å²) in [5, 5.41) is 10.2. The van der Waals surface area contributed by atoms with Crippen LogP contribution in [0.3, 0.4) is 0 Å². The molecule has 0 spiro atoms. The van der Waals surface area contributed by atoms with Crippen LogP contribution in [0.15, 0.2) is 0 Å². The van der Waals surface area contributed by atoms with E-state index in [1.807, 2.05) is 5.32 Å². The lowest BCUT2D eigenvalue weighted by atomic mass is 9.87. The van der Waals surface area contributed by atoms with Crippen LogP contribution in [0.5, 0.6) is 0 Å². The number of aldehydes is 1. The van der Waals surface area contributed by atoms with E-state index in [4.69, 9.17) is 5.11 Å². The molecule has 0 rings (SSSR count). The average molecular weight is 177 g/mol. The van der Waals surface area contributed by atoms with Gasteiger partial charge >= 0.3 is 6.09 Å². The van der Waals surface area contributed by atoms with Gasteiger partial charge in [-0.1, -0.05) is 13.8 Å². The monoisotopic (exact) mass is 177 g/mol. The van der Waals surface area contributed by atoms with Crippen LogP contribution in [-0.2, 0) is 4.79 Å². The second-order valence-electron chi connectivity index (χ2n) is 3.19. The number of hydrogen-bond acceptors (Lipinski definition) is 2. The third-order valence-electron chi connectivity index (χ3n) is 1.60. The Morgan fingerprint density at radius 2 is 2.25 bits per heavy atom. The topological polar surface area (TPSA) is 66.4 Å². The first-order valence-electron chi connectivity index (χ1n) is 3.44. The van der Waals surface area contributed by atoms with E-state index in [0.717, 1.165) is 0 Å². The predicted octanol–water partition coefficient (Wildman–Crippen LogP) is 0.817. The highest BCUT2D eigenvalue weighted by molar-refractivity contribution is 5.72. The molecular weight excluding hydrogens is 165 g/mol. The van der Waals surface area contributed by atoms with Gasteiger partial charge in [-0.25, -0.2) is 4.79 Å². The van der Waals surface area contributed by atoms with Crippen LogP contribution in [0, 0.1) is 5.41 Å². The summed E-state index contributed by atoms with van der Waals surface area (Å²) in [4.78, 5) is 20.5. The Bertz CT molecular complexity index is 181. The molecule has 0 saturated carbocycles. The predicted molar refractivity (Wildman–Crippen MR) is 40.8 cm³/mol. The summed E-state index contributed by atoms with van der Waals surface area (Å²) in [6, 6.07) is -1.000. The van der Waals surface area contributed by atoms with Crippen molar-refractivity contribution >= 4 is 12.4 Å². The number of carbonyl (C=O) groups excluding carboxylic acids is 1. The van der Waals surface area contributed by atoms with Crippen LogP contribution in [0.2, 0.25) is 0 Å². The van der Waals surface area contributed by atoms with Crippen molar-refractivity contribution in [3.05, 3.63) is 0 Å². The molecule has 0 aliphatic carbocycles. The minimum absolute atomic E-state index is 0.397. The van der Waals surface area contributed by atoms with Crippen molar-refractivity contribution in [2.24, 2.45) is 5.41 Å². The summed E-state index contributed by atoms with van der Waals surface area (Å²) in [6.45, 7) is 2.20. The zero-order valence-corrected chi connectivity index (χ0v) is 7.00. The highest BCUT2D eigenvalue weighted by Crippen LogP contribution is 2.19. The summed E-state index contributed by atoms with van der Waals surface area (Å²) in [5.41, 5.74) is -0.986. The van der Waals surface area contributed by atoms with Crippen molar-refractivity contribution in [2.75, 3.05) is 6.67 Å². The molecule has 0 fully saturated rings. The lowest BCUT2D eigenvalue weighted by Gasteiger charge is -2.26. The number of carbonyl (C=O) groups is 2. The second kappa shape index (κ2) is 4.04. The molecule has 70 valence electrons. The van der Waals surface area contributed by atoms with Crippen LogP contribution in [0.4, 0.5) is 9.18 Å². The van der Waals surface area contributed by atoms with Crippen LogP contribution in [0.25, 0.3) is 0 Å². The molecule has 4 nitrogen and oxygen atoms in total. The van der Waals surface area contributed by atoms with Gasteiger partial charge in [0.25, 0.3) is 0 Å². The van der Waals surface area contributed by atoms with Gasteiger partial charge < -0.3 is 15.2 Å². The second-order valence-corrected chi connectivity index (χ2v) is 3.19. The van der Waals surface area contributed by atoms with E-state index in [9.17, 15) is 14.0 Å². The van der Waals surface area contributed by atoms with Crippen LogP contribution < -0.4 is 5.32 Å². The summed E-state index contributed by atoms with van der Waals surface area (Å²) >= 11 is 0. The van der Waals surface area contributed by atoms with E-state index in [0.29, 0.717) is 6.29 Å². The Morgan fingerprint density at radius 1 is 1.75 bits per heavy atom. The molecule has 0 aliphatic rings. The van der Waals surface area contributed by atoms with Crippen LogP contribution in [0.1, 0.15) is 13.8 Å². The maximum atomic E-state index is 12.3. The number of nitrogens with one attached hydrogen (secondary N) is 1. The molecule has 0 radical (unpaired) electrons. The van der Waals surface area contributed by atoms with Crippen molar-refractivity contribution in [1.82, 2.24) is 5.32 Å². The number of alkyl halides is 1. The van der Waals surface area contributed by atoms with E-state index in [1.54, 1.807) is 0 Å². The van der Waals surface area contributed by atoms with Crippen molar-refractivity contribution in [3.63, 3.8) is 0 Å². The van der Waals surface area contributed by atoms with Gasteiger partial charge in [0.1, 0.15) is 6.29 Å². The highest BCUT2D eigenvalue weighted by atomic mass is 19.1. The number of hydrogen-bond donors (Lipinski definition) is 2. The molecular formula is C7H12FNO3. The fraction of sp³-hybridized carbons (Fsp3) is 0.714. The number of amides is 1. The van der Waals surface area contributed by atoms with Crippen LogP contribution >= 0.6 is 0 Å². The maximum absolute atomic E-state index is 12.3. The molecule has 0 aromatic carbocycles. The third kappa shape index (κ3) is 2.86. The fourth-order valence-corrected chi connectivity index (χ4v) is 0.630.